The number of carbonyl (C=O) groups is 1. The molecule has 1 heterocycles. The Morgan fingerprint density at radius 1 is 1.00 bits per heavy atom. The first-order valence-electron chi connectivity index (χ1n) is 8.92. The van der Waals surface area contributed by atoms with Gasteiger partial charge in [0.2, 0.25) is 5.88 Å². The summed E-state index contributed by atoms with van der Waals surface area (Å²) in [5.74, 6) is 1.03. The fourth-order valence-electron chi connectivity index (χ4n) is 2.61. The summed E-state index contributed by atoms with van der Waals surface area (Å²) in [4.78, 5) is 16.6. The van der Waals surface area contributed by atoms with Crippen molar-refractivity contribution in [3.8, 4) is 11.6 Å². The predicted octanol–water partition coefficient (Wildman–Crippen LogP) is 5.70. The largest absolute Gasteiger partial charge is 0.437 e. The summed E-state index contributed by atoms with van der Waals surface area (Å²) in [6.45, 7) is 6.13. The number of rotatable bonds is 5. The summed E-state index contributed by atoms with van der Waals surface area (Å²) in [7, 11) is 0. The van der Waals surface area contributed by atoms with E-state index in [0.29, 0.717) is 17.3 Å². The van der Waals surface area contributed by atoms with Gasteiger partial charge in [-0.25, -0.2) is 9.78 Å². The SMILES string of the molecule is CCc1cccc(Oc2ncccc2NC(=O)Nc2ccc(C)c(C)c2)c1. The third kappa shape index (κ3) is 4.85. The summed E-state index contributed by atoms with van der Waals surface area (Å²) in [6, 6.07) is 16.8. The molecule has 2 aromatic carbocycles. The highest BCUT2D eigenvalue weighted by Gasteiger charge is 2.10. The zero-order valence-corrected chi connectivity index (χ0v) is 15.7. The molecule has 3 rings (SSSR count). The van der Waals surface area contributed by atoms with Crippen molar-refractivity contribution in [2.24, 2.45) is 0 Å². The molecule has 0 atom stereocenters. The second kappa shape index (κ2) is 8.36. The van der Waals surface area contributed by atoms with Crippen molar-refractivity contribution in [3.05, 3.63) is 77.5 Å². The Morgan fingerprint density at radius 2 is 1.85 bits per heavy atom. The van der Waals surface area contributed by atoms with Gasteiger partial charge in [-0.3, -0.25) is 0 Å². The van der Waals surface area contributed by atoms with Gasteiger partial charge in [0.1, 0.15) is 11.4 Å². The van der Waals surface area contributed by atoms with E-state index in [1.165, 1.54) is 11.1 Å². The van der Waals surface area contributed by atoms with Gasteiger partial charge in [-0.05, 0) is 73.4 Å². The Balaban J connectivity index is 1.73. The Labute approximate surface area is 159 Å². The van der Waals surface area contributed by atoms with Crippen LogP contribution in [0.25, 0.3) is 0 Å². The van der Waals surface area contributed by atoms with Crippen molar-refractivity contribution in [2.75, 3.05) is 10.6 Å². The number of urea groups is 1. The number of aryl methyl sites for hydroxylation is 3. The third-order valence-electron chi connectivity index (χ3n) is 4.31. The fourth-order valence-corrected chi connectivity index (χ4v) is 2.61. The minimum absolute atomic E-state index is 0.348. The van der Waals surface area contributed by atoms with E-state index in [2.05, 4.69) is 22.5 Å². The smallest absolute Gasteiger partial charge is 0.323 e. The average Bonchev–Trinajstić information content (AvgIpc) is 2.66. The molecular weight excluding hydrogens is 338 g/mol. The minimum atomic E-state index is -0.349. The van der Waals surface area contributed by atoms with Crippen LogP contribution < -0.4 is 15.4 Å². The molecule has 0 saturated carbocycles. The second-order valence-electron chi connectivity index (χ2n) is 6.34. The first-order chi connectivity index (χ1) is 13.0. The van der Waals surface area contributed by atoms with Gasteiger partial charge >= 0.3 is 6.03 Å². The van der Waals surface area contributed by atoms with Gasteiger partial charge in [0.25, 0.3) is 0 Å². The minimum Gasteiger partial charge on any atom is -0.437 e. The topological polar surface area (TPSA) is 63.2 Å². The summed E-state index contributed by atoms with van der Waals surface area (Å²) in [5, 5.41) is 5.64. The number of ether oxygens (including phenoxy) is 1. The molecule has 0 saturated heterocycles. The Morgan fingerprint density at radius 3 is 2.63 bits per heavy atom. The molecule has 0 unspecified atom stereocenters. The molecule has 0 fully saturated rings. The number of nitrogens with one attached hydrogen (secondary N) is 2. The molecule has 0 bridgehead atoms. The van der Waals surface area contributed by atoms with Crippen LogP contribution in [0.4, 0.5) is 16.2 Å². The summed E-state index contributed by atoms with van der Waals surface area (Å²) >= 11 is 0. The predicted molar refractivity (Wildman–Crippen MR) is 109 cm³/mol. The van der Waals surface area contributed by atoms with Gasteiger partial charge in [0.05, 0.1) is 0 Å². The van der Waals surface area contributed by atoms with Gasteiger partial charge in [0.15, 0.2) is 0 Å². The van der Waals surface area contributed by atoms with Gasteiger partial charge in [0, 0.05) is 11.9 Å². The number of anilines is 2. The van der Waals surface area contributed by atoms with Crippen LogP contribution in [0.5, 0.6) is 11.6 Å². The number of aromatic nitrogens is 1. The molecule has 27 heavy (non-hydrogen) atoms. The lowest BCUT2D eigenvalue weighted by atomic mass is 10.1. The molecule has 138 valence electrons. The maximum atomic E-state index is 12.4. The van der Waals surface area contributed by atoms with Gasteiger partial charge in [-0.2, -0.15) is 0 Å². The molecule has 3 aromatic rings. The van der Waals surface area contributed by atoms with Gasteiger partial charge in [-0.1, -0.05) is 25.1 Å². The van der Waals surface area contributed by atoms with E-state index in [-0.39, 0.29) is 6.03 Å². The van der Waals surface area contributed by atoms with Crippen molar-refractivity contribution in [1.29, 1.82) is 0 Å². The maximum Gasteiger partial charge on any atom is 0.323 e. The highest BCUT2D eigenvalue weighted by atomic mass is 16.5. The van der Waals surface area contributed by atoms with Crippen LogP contribution in [-0.2, 0) is 6.42 Å². The van der Waals surface area contributed by atoms with Crippen LogP contribution in [0.3, 0.4) is 0 Å². The second-order valence-corrected chi connectivity index (χ2v) is 6.34. The number of carbonyl (C=O) groups excluding carboxylic acids is 1. The third-order valence-corrected chi connectivity index (χ3v) is 4.31. The normalized spacial score (nSPS) is 10.3. The van der Waals surface area contributed by atoms with Crippen molar-refractivity contribution in [2.45, 2.75) is 27.2 Å². The Hall–Kier alpha value is -3.34. The zero-order chi connectivity index (χ0) is 19.2. The van der Waals surface area contributed by atoms with E-state index in [1.807, 2.05) is 56.3 Å². The number of hydrogen-bond donors (Lipinski definition) is 2. The van der Waals surface area contributed by atoms with Crippen molar-refractivity contribution < 1.29 is 9.53 Å². The van der Waals surface area contributed by atoms with E-state index in [4.69, 9.17) is 4.74 Å². The van der Waals surface area contributed by atoms with E-state index in [1.54, 1.807) is 18.3 Å². The molecule has 0 spiro atoms. The highest BCUT2D eigenvalue weighted by molar-refractivity contribution is 6.00. The molecular formula is C22H23N3O2. The summed E-state index contributed by atoms with van der Waals surface area (Å²) < 4.78 is 5.88. The molecule has 1 aromatic heterocycles. The first kappa shape index (κ1) is 18.5. The number of pyridine rings is 1. The molecule has 0 aliphatic rings. The molecule has 0 aliphatic heterocycles. The van der Waals surface area contributed by atoms with Crippen molar-refractivity contribution in [3.63, 3.8) is 0 Å². The highest BCUT2D eigenvalue weighted by Crippen LogP contribution is 2.27. The van der Waals surface area contributed by atoms with Crippen LogP contribution in [0.1, 0.15) is 23.6 Å². The van der Waals surface area contributed by atoms with E-state index in [9.17, 15) is 4.79 Å². The molecule has 5 nitrogen and oxygen atoms in total. The lowest BCUT2D eigenvalue weighted by Gasteiger charge is -2.13. The Bertz CT molecular complexity index is 954. The molecule has 5 heteroatoms. The number of benzene rings is 2. The fraction of sp³-hybridized carbons (Fsp3) is 0.182. The van der Waals surface area contributed by atoms with Crippen molar-refractivity contribution in [1.82, 2.24) is 4.98 Å². The number of amides is 2. The van der Waals surface area contributed by atoms with Gasteiger partial charge < -0.3 is 15.4 Å². The first-order valence-corrected chi connectivity index (χ1v) is 8.92. The monoisotopic (exact) mass is 361 g/mol. The van der Waals surface area contributed by atoms with Gasteiger partial charge in [-0.15, -0.1) is 0 Å². The van der Waals surface area contributed by atoms with E-state index in [0.717, 1.165) is 17.7 Å². The number of nitrogens with zero attached hydrogens (tertiary/aromatic N) is 1. The summed E-state index contributed by atoms with van der Waals surface area (Å²) in [5.41, 5.74) is 4.70. The molecule has 0 radical (unpaired) electrons. The molecule has 2 amide bonds. The number of hydrogen-bond acceptors (Lipinski definition) is 3. The quantitative estimate of drug-likeness (QED) is 0.613. The average molecular weight is 361 g/mol. The van der Waals surface area contributed by atoms with Crippen LogP contribution in [0, 0.1) is 13.8 Å². The summed E-state index contributed by atoms with van der Waals surface area (Å²) in [6.07, 6.45) is 2.55. The van der Waals surface area contributed by atoms with Crippen molar-refractivity contribution >= 4 is 17.4 Å². The lowest BCUT2D eigenvalue weighted by molar-refractivity contribution is 0.262. The van der Waals surface area contributed by atoms with E-state index < -0.39 is 0 Å². The van der Waals surface area contributed by atoms with Crippen LogP contribution in [0.2, 0.25) is 0 Å². The van der Waals surface area contributed by atoms with E-state index >= 15 is 0 Å². The molecule has 0 aliphatic carbocycles. The standard InChI is InChI=1S/C22H23N3O2/c1-4-17-7-5-8-19(14-17)27-21-20(9-6-12-23-21)25-22(26)24-18-11-10-15(2)16(3)13-18/h5-14H,4H2,1-3H3,(H2,24,25,26). The zero-order valence-electron chi connectivity index (χ0n) is 15.7. The van der Waals surface area contributed by atoms with Crippen LogP contribution >= 0.6 is 0 Å². The van der Waals surface area contributed by atoms with Crippen LogP contribution in [-0.4, -0.2) is 11.0 Å². The Kier molecular flexibility index (Phi) is 5.71. The molecule has 2 N–H and O–H groups in total. The maximum absolute atomic E-state index is 12.4. The lowest BCUT2D eigenvalue weighted by Crippen LogP contribution is -2.20. The van der Waals surface area contributed by atoms with Crippen LogP contribution in [0.15, 0.2) is 60.8 Å².